The Morgan fingerprint density at radius 3 is 2.16 bits per heavy atom. The number of carbonyl (C=O) groups is 1. The van der Waals surface area contributed by atoms with E-state index < -0.39 is 0 Å². The minimum atomic E-state index is 0.204. The third-order valence-electron chi connectivity index (χ3n) is 3.93. The van der Waals surface area contributed by atoms with Crippen molar-refractivity contribution in [3.8, 4) is 0 Å². The fourth-order valence-corrected chi connectivity index (χ4v) is 2.84. The normalized spacial score (nSPS) is 16.2. The van der Waals surface area contributed by atoms with E-state index in [9.17, 15) is 4.79 Å². The van der Waals surface area contributed by atoms with Crippen molar-refractivity contribution >= 4 is 5.91 Å². The van der Waals surface area contributed by atoms with Crippen molar-refractivity contribution in [2.75, 3.05) is 19.7 Å². The number of rotatable bonds is 8. The number of carbonyl (C=O) groups excluding carboxylic acids is 1. The summed E-state index contributed by atoms with van der Waals surface area (Å²) in [5, 5.41) is 8.99. The molecule has 0 heterocycles. The van der Waals surface area contributed by atoms with Crippen molar-refractivity contribution in [3.63, 3.8) is 0 Å². The molecule has 0 aromatic rings. The highest BCUT2D eigenvalue weighted by Crippen LogP contribution is 2.25. The smallest absolute Gasteiger partial charge is 0.237 e. The molecule has 0 aromatic carbocycles. The summed E-state index contributed by atoms with van der Waals surface area (Å²) < 4.78 is 0. The van der Waals surface area contributed by atoms with Crippen molar-refractivity contribution in [1.29, 1.82) is 0 Å². The monoisotopic (exact) mass is 270 g/mol. The Kier molecular flexibility index (Phi) is 6.80. The lowest BCUT2D eigenvalue weighted by Gasteiger charge is -2.39. The SMILES string of the molecule is CC(C)N(C(=O)CN(CCCO)C1CCC1)C(C)C. The molecule has 1 fully saturated rings. The van der Waals surface area contributed by atoms with E-state index >= 15 is 0 Å². The van der Waals surface area contributed by atoms with Gasteiger partial charge in [-0.15, -0.1) is 0 Å². The van der Waals surface area contributed by atoms with E-state index in [-0.39, 0.29) is 24.6 Å². The molecule has 4 heteroatoms. The maximum atomic E-state index is 12.5. The zero-order valence-corrected chi connectivity index (χ0v) is 12.9. The molecule has 112 valence electrons. The van der Waals surface area contributed by atoms with Gasteiger partial charge >= 0.3 is 0 Å². The molecule has 0 unspecified atom stereocenters. The Bertz CT molecular complexity index is 267. The van der Waals surface area contributed by atoms with Gasteiger partial charge in [-0.3, -0.25) is 9.69 Å². The average molecular weight is 270 g/mol. The third kappa shape index (κ3) is 4.77. The lowest BCUT2D eigenvalue weighted by molar-refractivity contribution is -0.137. The van der Waals surface area contributed by atoms with E-state index in [2.05, 4.69) is 32.6 Å². The molecule has 1 amide bonds. The molecule has 0 bridgehead atoms. The minimum absolute atomic E-state index is 0.204. The fraction of sp³-hybridized carbons (Fsp3) is 0.933. The second-order valence-corrected chi connectivity index (χ2v) is 6.12. The zero-order chi connectivity index (χ0) is 14.4. The number of hydrogen-bond acceptors (Lipinski definition) is 3. The lowest BCUT2D eigenvalue weighted by Crippen LogP contribution is -2.51. The number of hydrogen-bond donors (Lipinski definition) is 1. The first kappa shape index (κ1) is 16.4. The van der Waals surface area contributed by atoms with Crippen LogP contribution >= 0.6 is 0 Å². The maximum Gasteiger partial charge on any atom is 0.237 e. The van der Waals surface area contributed by atoms with Gasteiger partial charge in [0.15, 0.2) is 0 Å². The Labute approximate surface area is 117 Å². The molecule has 1 saturated carbocycles. The topological polar surface area (TPSA) is 43.8 Å². The van der Waals surface area contributed by atoms with Crippen LogP contribution in [0, 0.1) is 0 Å². The van der Waals surface area contributed by atoms with Crippen LogP contribution in [0.2, 0.25) is 0 Å². The molecule has 4 nitrogen and oxygen atoms in total. The highest BCUT2D eigenvalue weighted by Gasteiger charge is 2.28. The van der Waals surface area contributed by atoms with Gasteiger partial charge in [0.05, 0.1) is 6.54 Å². The summed E-state index contributed by atoms with van der Waals surface area (Å²) in [4.78, 5) is 16.7. The molecule has 0 spiro atoms. The summed E-state index contributed by atoms with van der Waals surface area (Å²) >= 11 is 0. The van der Waals surface area contributed by atoms with Crippen LogP contribution in [0.3, 0.4) is 0 Å². The summed E-state index contributed by atoms with van der Waals surface area (Å²) in [6.07, 6.45) is 4.42. The zero-order valence-electron chi connectivity index (χ0n) is 12.9. The summed E-state index contributed by atoms with van der Waals surface area (Å²) in [6.45, 7) is 9.81. The van der Waals surface area contributed by atoms with Gasteiger partial charge in [-0.05, 0) is 47.0 Å². The summed E-state index contributed by atoms with van der Waals surface area (Å²) in [7, 11) is 0. The van der Waals surface area contributed by atoms with Gasteiger partial charge in [0, 0.05) is 31.3 Å². The van der Waals surface area contributed by atoms with Crippen LogP contribution in [-0.2, 0) is 4.79 Å². The molecule has 1 rings (SSSR count). The van der Waals surface area contributed by atoms with Crippen LogP contribution in [-0.4, -0.2) is 58.6 Å². The summed E-state index contributed by atoms with van der Waals surface area (Å²) in [5.74, 6) is 0.217. The van der Waals surface area contributed by atoms with Gasteiger partial charge in [0.2, 0.25) is 5.91 Å². The summed E-state index contributed by atoms with van der Waals surface area (Å²) in [6, 6.07) is 1.04. The van der Waals surface area contributed by atoms with Gasteiger partial charge in [-0.1, -0.05) is 6.42 Å². The predicted octanol–water partition coefficient (Wildman–Crippen LogP) is 1.87. The molecule has 0 radical (unpaired) electrons. The molecule has 0 saturated heterocycles. The van der Waals surface area contributed by atoms with E-state index in [1.165, 1.54) is 19.3 Å². The Morgan fingerprint density at radius 1 is 1.21 bits per heavy atom. The minimum Gasteiger partial charge on any atom is -0.396 e. The van der Waals surface area contributed by atoms with Gasteiger partial charge in [-0.2, -0.15) is 0 Å². The van der Waals surface area contributed by atoms with Crippen LogP contribution in [0.25, 0.3) is 0 Å². The van der Waals surface area contributed by atoms with E-state index in [1.54, 1.807) is 0 Å². The van der Waals surface area contributed by atoms with Crippen LogP contribution in [0.5, 0.6) is 0 Å². The number of amides is 1. The molecular formula is C15H30N2O2. The maximum absolute atomic E-state index is 12.5. The van der Waals surface area contributed by atoms with Crippen LogP contribution in [0.1, 0.15) is 53.4 Å². The number of nitrogens with zero attached hydrogens (tertiary/aromatic N) is 2. The van der Waals surface area contributed by atoms with E-state index in [4.69, 9.17) is 5.11 Å². The lowest BCUT2D eigenvalue weighted by atomic mass is 9.91. The second kappa shape index (κ2) is 7.85. The number of aliphatic hydroxyl groups is 1. The van der Waals surface area contributed by atoms with Crippen molar-refractivity contribution in [3.05, 3.63) is 0 Å². The van der Waals surface area contributed by atoms with Crippen LogP contribution in [0.15, 0.2) is 0 Å². The first-order valence-corrected chi connectivity index (χ1v) is 7.63. The van der Waals surface area contributed by atoms with E-state index in [0.29, 0.717) is 12.6 Å². The largest absolute Gasteiger partial charge is 0.396 e. The number of aliphatic hydroxyl groups excluding tert-OH is 1. The van der Waals surface area contributed by atoms with Crippen molar-refractivity contribution in [2.45, 2.75) is 71.5 Å². The van der Waals surface area contributed by atoms with E-state index in [0.717, 1.165) is 13.0 Å². The van der Waals surface area contributed by atoms with Gasteiger partial charge in [0.25, 0.3) is 0 Å². The third-order valence-corrected chi connectivity index (χ3v) is 3.93. The quantitative estimate of drug-likeness (QED) is 0.732. The molecule has 0 atom stereocenters. The first-order valence-electron chi connectivity index (χ1n) is 7.63. The second-order valence-electron chi connectivity index (χ2n) is 6.12. The molecule has 1 aliphatic rings. The molecule has 0 aromatic heterocycles. The van der Waals surface area contributed by atoms with Gasteiger partial charge in [0.1, 0.15) is 0 Å². The standard InChI is InChI=1S/C15H30N2O2/c1-12(2)17(13(3)4)15(19)11-16(9-6-10-18)14-7-5-8-14/h12-14,18H,5-11H2,1-4H3. The Balaban J connectivity index is 2.58. The highest BCUT2D eigenvalue weighted by atomic mass is 16.3. The first-order chi connectivity index (χ1) is 8.97. The molecule has 1 aliphatic carbocycles. The molecular weight excluding hydrogens is 240 g/mol. The Hall–Kier alpha value is -0.610. The predicted molar refractivity (Wildman–Crippen MR) is 78.0 cm³/mol. The fourth-order valence-electron chi connectivity index (χ4n) is 2.84. The molecule has 19 heavy (non-hydrogen) atoms. The van der Waals surface area contributed by atoms with Gasteiger partial charge < -0.3 is 10.0 Å². The highest BCUT2D eigenvalue weighted by molar-refractivity contribution is 5.78. The van der Waals surface area contributed by atoms with E-state index in [1.807, 2.05) is 4.90 Å². The Morgan fingerprint density at radius 2 is 1.79 bits per heavy atom. The van der Waals surface area contributed by atoms with Crippen molar-refractivity contribution < 1.29 is 9.90 Å². The molecule has 1 N–H and O–H groups in total. The summed E-state index contributed by atoms with van der Waals surface area (Å²) in [5.41, 5.74) is 0. The van der Waals surface area contributed by atoms with Gasteiger partial charge in [-0.25, -0.2) is 0 Å². The molecule has 0 aliphatic heterocycles. The van der Waals surface area contributed by atoms with Crippen LogP contribution in [0.4, 0.5) is 0 Å². The van der Waals surface area contributed by atoms with Crippen LogP contribution < -0.4 is 0 Å². The van der Waals surface area contributed by atoms with Crippen molar-refractivity contribution in [2.24, 2.45) is 0 Å². The average Bonchev–Trinajstić information content (AvgIpc) is 2.21. The van der Waals surface area contributed by atoms with Crippen molar-refractivity contribution in [1.82, 2.24) is 9.80 Å².